The number of benzene rings is 1. The summed E-state index contributed by atoms with van der Waals surface area (Å²) in [7, 11) is 0. The van der Waals surface area contributed by atoms with Gasteiger partial charge < -0.3 is 5.32 Å². The van der Waals surface area contributed by atoms with Crippen LogP contribution in [0.25, 0.3) is 0 Å². The van der Waals surface area contributed by atoms with E-state index in [0.29, 0.717) is 13.1 Å². The van der Waals surface area contributed by atoms with E-state index >= 15 is 0 Å². The zero-order valence-electron chi connectivity index (χ0n) is 9.90. The first-order chi connectivity index (χ1) is 7.90. The predicted molar refractivity (Wildman–Crippen MR) is 66.1 cm³/mol. The van der Waals surface area contributed by atoms with Crippen LogP contribution < -0.4 is 5.32 Å². The molecule has 0 radical (unpaired) electrons. The zero-order valence-corrected chi connectivity index (χ0v) is 10.7. The van der Waals surface area contributed by atoms with Crippen molar-refractivity contribution in [3.05, 3.63) is 34.9 Å². The van der Waals surface area contributed by atoms with Crippen LogP contribution in [0.1, 0.15) is 16.7 Å². The molecule has 0 amide bonds. The van der Waals surface area contributed by atoms with Gasteiger partial charge in [-0.25, -0.2) is 0 Å². The second-order valence-electron chi connectivity index (χ2n) is 3.84. The molecule has 0 aliphatic rings. The van der Waals surface area contributed by atoms with Gasteiger partial charge in [0, 0.05) is 18.8 Å². The van der Waals surface area contributed by atoms with Crippen molar-refractivity contribution in [2.45, 2.75) is 25.9 Å². The molecule has 17 heavy (non-hydrogen) atoms. The lowest BCUT2D eigenvalue weighted by molar-refractivity contribution is -0.0327. The fraction of sp³-hybridized carbons (Fsp3) is 0.500. The highest BCUT2D eigenvalue weighted by atomic mass is 32.2. The van der Waals surface area contributed by atoms with Gasteiger partial charge in [-0.3, -0.25) is 0 Å². The molecule has 5 heteroatoms. The highest BCUT2D eigenvalue weighted by molar-refractivity contribution is 8.00. The van der Waals surface area contributed by atoms with Gasteiger partial charge in [-0.15, -0.1) is 0 Å². The summed E-state index contributed by atoms with van der Waals surface area (Å²) in [6.45, 7) is 5.00. The number of alkyl halides is 3. The molecule has 1 aromatic carbocycles. The Morgan fingerprint density at radius 1 is 1.18 bits per heavy atom. The molecule has 0 aromatic heterocycles. The maximum atomic E-state index is 11.9. The van der Waals surface area contributed by atoms with Crippen molar-refractivity contribution in [1.29, 1.82) is 0 Å². The summed E-state index contributed by atoms with van der Waals surface area (Å²) < 4.78 is 35.6. The first-order valence-corrected chi connectivity index (χ1v) is 6.35. The van der Waals surface area contributed by atoms with Crippen LogP contribution in [-0.2, 0) is 6.54 Å². The lowest BCUT2D eigenvalue weighted by Crippen LogP contribution is -2.19. The number of nitrogens with one attached hydrogen (secondary N) is 1. The average Bonchev–Trinajstić information content (AvgIpc) is 2.20. The minimum absolute atomic E-state index is 0.0146. The van der Waals surface area contributed by atoms with Crippen molar-refractivity contribution in [1.82, 2.24) is 5.32 Å². The molecular formula is C12H16F3NS. The normalized spacial score (nSPS) is 11.8. The van der Waals surface area contributed by atoms with Gasteiger partial charge in [0.1, 0.15) is 0 Å². The molecule has 1 rings (SSSR count). The third-order valence-electron chi connectivity index (χ3n) is 2.49. The van der Waals surface area contributed by atoms with Gasteiger partial charge in [0.15, 0.2) is 0 Å². The van der Waals surface area contributed by atoms with Gasteiger partial charge in [0.05, 0.1) is 0 Å². The number of thioether (sulfide) groups is 1. The number of hydrogen-bond acceptors (Lipinski definition) is 2. The first-order valence-electron chi connectivity index (χ1n) is 5.36. The fourth-order valence-corrected chi connectivity index (χ4v) is 2.06. The Balaban J connectivity index is 2.32. The van der Waals surface area contributed by atoms with Crippen molar-refractivity contribution in [2.75, 3.05) is 12.3 Å². The fourth-order valence-electron chi connectivity index (χ4n) is 1.58. The number of aryl methyl sites for hydroxylation is 2. The van der Waals surface area contributed by atoms with Crippen molar-refractivity contribution >= 4 is 11.8 Å². The molecule has 1 aromatic rings. The Labute approximate surface area is 104 Å². The maximum Gasteiger partial charge on any atom is 0.441 e. The predicted octanol–water partition coefficient (Wildman–Crippen LogP) is 3.65. The summed E-state index contributed by atoms with van der Waals surface area (Å²) in [6.07, 6.45) is 0. The van der Waals surface area contributed by atoms with E-state index in [4.69, 9.17) is 0 Å². The lowest BCUT2D eigenvalue weighted by atomic mass is 10.0. The van der Waals surface area contributed by atoms with Crippen LogP contribution in [0.4, 0.5) is 13.2 Å². The largest absolute Gasteiger partial charge is 0.441 e. The van der Waals surface area contributed by atoms with Crippen molar-refractivity contribution in [3.8, 4) is 0 Å². The van der Waals surface area contributed by atoms with Gasteiger partial charge in [0.2, 0.25) is 0 Å². The molecule has 0 aliphatic carbocycles. The zero-order chi connectivity index (χ0) is 12.9. The molecule has 0 fully saturated rings. The SMILES string of the molecule is Cc1cccc(C)c1CNCCSC(F)(F)F. The van der Waals surface area contributed by atoms with E-state index in [1.807, 2.05) is 32.0 Å². The van der Waals surface area contributed by atoms with Crippen LogP contribution in [0.15, 0.2) is 18.2 Å². The van der Waals surface area contributed by atoms with Crippen LogP contribution in [-0.4, -0.2) is 17.8 Å². The van der Waals surface area contributed by atoms with Crippen LogP contribution in [0.5, 0.6) is 0 Å². The summed E-state index contributed by atoms with van der Waals surface area (Å²) in [5, 5.41) is 3.04. The highest BCUT2D eigenvalue weighted by Gasteiger charge is 2.27. The summed E-state index contributed by atoms with van der Waals surface area (Å²) >= 11 is 0.0146. The molecule has 0 unspecified atom stereocenters. The van der Waals surface area contributed by atoms with E-state index in [2.05, 4.69) is 5.32 Å². The molecule has 0 spiro atoms. The average molecular weight is 263 g/mol. The highest BCUT2D eigenvalue weighted by Crippen LogP contribution is 2.29. The molecule has 1 nitrogen and oxygen atoms in total. The van der Waals surface area contributed by atoms with Gasteiger partial charge in [-0.1, -0.05) is 18.2 Å². The standard InChI is InChI=1S/C12H16F3NS/c1-9-4-3-5-10(2)11(9)8-16-6-7-17-12(13,14)15/h3-5,16H,6-8H2,1-2H3. The lowest BCUT2D eigenvalue weighted by Gasteiger charge is -2.11. The molecule has 0 saturated carbocycles. The minimum Gasteiger partial charge on any atom is -0.312 e. The summed E-state index contributed by atoms with van der Waals surface area (Å²) in [4.78, 5) is 0. The molecular weight excluding hydrogens is 247 g/mol. The van der Waals surface area contributed by atoms with Crippen LogP contribution in [0.3, 0.4) is 0 Å². The second kappa shape index (κ2) is 6.31. The first kappa shape index (κ1) is 14.4. The van der Waals surface area contributed by atoms with Crippen molar-refractivity contribution < 1.29 is 13.2 Å². The van der Waals surface area contributed by atoms with Gasteiger partial charge in [-0.2, -0.15) is 13.2 Å². The Bertz CT molecular complexity index is 343. The van der Waals surface area contributed by atoms with Crippen molar-refractivity contribution in [2.24, 2.45) is 0 Å². The van der Waals surface area contributed by atoms with Crippen LogP contribution >= 0.6 is 11.8 Å². The Kier molecular flexibility index (Phi) is 5.33. The summed E-state index contributed by atoms with van der Waals surface area (Å²) in [5.74, 6) is 0.0500. The van der Waals surface area contributed by atoms with E-state index in [9.17, 15) is 13.2 Å². The second-order valence-corrected chi connectivity index (χ2v) is 5.00. The topological polar surface area (TPSA) is 12.0 Å². The van der Waals surface area contributed by atoms with E-state index in [0.717, 1.165) is 0 Å². The van der Waals surface area contributed by atoms with E-state index < -0.39 is 5.51 Å². The molecule has 0 saturated heterocycles. The van der Waals surface area contributed by atoms with Crippen LogP contribution in [0.2, 0.25) is 0 Å². The van der Waals surface area contributed by atoms with Gasteiger partial charge >= 0.3 is 5.51 Å². The number of halogens is 3. The Morgan fingerprint density at radius 2 is 1.76 bits per heavy atom. The van der Waals surface area contributed by atoms with E-state index in [-0.39, 0.29) is 17.5 Å². The number of hydrogen-bond donors (Lipinski definition) is 1. The van der Waals surface area contributed by atoms with E-state index in [1.54, 1.807) is 0 Å². The minimum atomic E-state index is -4.12. The number of rotatable bonds is 5. The Morgan fingerprint density at radius 3 is 2.29 bits per heavy atom. The third-order valence-corrected chi connectivity index (χ3v) is 3.23. The summed E-state index contributed by atoms with van der Waals surface area (Å²) in [6, 6.07) is 6.00. The van der Waals surface area contributed by atoms with Crippen LogP contribution in [0, 0.1) is 13.8 Å². The smallest absolute Gasteiger partial charge is 0.312 e. The quantitative estimate of drug-likeness (QED) is 0.814. The molecule has 0 heterocycles. The molecule has 0 atom stereocenters. The maximum absolute atomic E-state index is 11.9. The van der Waals surface area contributed by atoms with Crippen molar-refractivity contribution in [3.63, 3.8) is 0 Å². The van der Waals surface area contributed by atoms with Gasteiger partial charge in [-0.05, 0) is 42.3 Å². The van der Waals surface area contributed by atoms with Gasteiger partial charge in [0.25, 0.3) is 0 Å². The monoisotopic (exact) mass is 263 g/mol. The third kappa shape index (κ3) is 5.46. The molecule has 1 N–H and O–H groups in total. The van der Waals surface area contributed by atoms with E-state index in [1.165, 1.54) is 16.7 Å². The Hall–Kier alpha value is -0.680. The molecule has 0 bridgehead atoms. The molecule has 0 aliphatic heterocycles. The summed E-state index contributed by atoms with van der Waals surface area (Å²) in [5.41, 5.74) is -0.619. The molecule has 96 valence electrons.